The lowest BCUT2D eigenvalue weighted by Crippen LogP contribution is -3.00. The van der Waals surface area contributed by atoms with Crippen LogP contribution in [0.3, 0.4) is 0 Å². The zero-order chi connectivity index (χ0) is 54.0. The molecule has 20 heteroatoms. The number of carbonyl (C=O) groups is 3. The van der Waals surface area contributed by atoms with Gasteiger partial charge in [0.1, 0.15) is 35.8 Å². The number of quaternary nitrogens is 2. The van der Waals surface area contributed by atoms with Crippen LogP contribution in [0.15, 0.2) is 106 Å². The number of fused-ring (bicyclic) bond motifs is 6. The number of amides is 3. The zero-order valence-corrected chi connectivity index (χ0v) is 50.6. The summed E-state index contributed by atoms with van der Waals surface area (Å²) in [5.74, 6) is -0.975. The Morgan fingerprint density at radius 3 is 1.23 bits per heavy atom. The number of carbonyl (C=O) groups excluding carboxylic acids is 3. The second-order valence-corrected chi connectivity index (χ2v) is 25.0. The summed E-state index contributed by atoms with van der Waals surface area (Å²) < 4.78 is 60.2. The van der Waals surface area contributed by atoms with Crippen molar-refractivity contribution in [1.82, 2.24) is 4.90 Å². The molecule has 6 aromatic rings. The topological polar surface area (TPSA) is 118 Å². The summed E-state index contributed by atoms with van der Waals surface area (Å²) in [5, 5.41) is 18.1. The predicted molar refractivity (Wildman–Crippen MR) is 301 cm³/mol. The lowest BCUT2D eigenvalue weighted by Gasteiger charge is -2.43. The van der Waals surface area contributed by atoms with E-state index < -0.39 is 18.3 Å². The second-order valence-electron chi connectivity index (χ2n) is 22.5. The Labute approximate surface area is 494 Å². The second kappa shape index (κ2) is 26.0. The summed E-state index contributed by atoms with van der Waals surface area (Å²) in [7, 11) is 11.3. The highest BCUT2D eigenvalue weighted by Crippen LogP contribution is 2.43. The first-order chi connectivity index (χ1) is 37.0. The molecular formula is C59H69Br2F3N6O6S3. The molecule has 3 aromatic carbocycles. The standard InChI is InChI=1S/2C20H23FN2O2S.C19H21FN2O2S.2BrH/c1-23(2)15-4-5-16(23)11-17(10-15)25-20(24)22-19-6-3-14(21)9-18(19)13-7-8-26-12-13;1-23(2)14-6-7-15(23)12-16(11-14)25-20(24)22-18-8-5-13(21)10-17(18)19-4-3-9-26-19;1-22-14-3-4-15(22)10-16(9-14)24-19(23)21-18-5-2-13(20)8-17(18)12-6-7-25-11-12;;/h3,6-9,12,15-17H,4-5,10-11H2,1-2H3;3-5,8-10,14-16H,6-7,11-12H2,1-2H3;2,5-8,11,14-16H,3-4,9-10H2,1H3,(H,21,23);2*1H/t15-,16+,17?;2*14-,15+,16?;;. The van der Waals surface area contributed by atoms with Crippen molar-refractivity contribution in [2.45, 2.75) is 132 Å². The van der Waals surface area contributed by atoms with Crippen LogP contribution in [0.1, 0.15) is 77.0 Å². The zero-order valence-electron chi connectivity index (χ0n) is 45.0. The SMILES string of the molecule is CN1[C@@H]2CC[C@H]1CC(OC(=O)Nc1ccc(F)cc1-c1ccsc1)C2.C[N+]1(C)[C@@H]2CC[C@H]1CC(OC(=O)Nc1ccc(F)cc1-c1cccs1)C2.C[N+]1(C)[C@@H]2CC[C@H]1CC(OC(=O)Nc1ccc(F)cc1-c1ccsc1)C2.[Br-].[Br-]. The van der Waals surface area contributed by atoms with E-state index in [0.717, 1.165) is 63.5 Å². The van der Waals surface area contributed by atoms with Crippen molar-refractivity contribution >= 4 is 69.4 Å². The van der Waals surface area contributed by atoms with Crippen LogP contribution < -0.4 is 49.9 Å². The summed E-state index contributed by atoms with van der Waals surface area (Å²) >= 11 is 4.58. The predicted octanol–water partition coefficient (Wildman–Crippen LogP) is 8.48. The van der Waals surface area contributed by atoms with Gasteiger partial charge in [-0.1, -0.05) is 6.07 Å². The smallest absolute Gasteiger partial charge is 0.411 e. The van der Waals surface area contributed by atoms with Crippen molar-refractivity contribution in [1.29, 1.82) is 0 Å². The van der Waals surface area contributed by atoms with E-state index in [-0.39, 0.29) is 69.7 Å². The van der Waals surface area contributed by atoms with Crippen LogP contribution in [0.2, 0.25) is 0 Å². The van der Waals surface area contributed by atoms with Gasteiger partial charge >= 0.3 is 18.3 Å². The fourth-order valence-corrected chi connectivity index (χ4v) is 15.1. The van der Waals surface area contributed by atoms with Crippen LogP contribution in [-0.2, 0) is 14.2 Å². The number of rotatable bonds is 9. The largest absolute Gasteiger partial charge is 1.00 e. The number of hydrogen-bond acceptors (Lipinski definition) is 10. The lowest BCUT2D eigenvalue weighted by atomic mass is 9.98. The van der Waals surface area contributed by atoms with Gasteiger partial charge in [0.05, 0.1) is 69.4 Å². The Balaban J connectivity index is 0.000000154. The number of ether oxygens (including phenoxy) is 3. The van der Waals surface area contributed by atoms with Crippen LogP contribution >= 0.6 is 34.0 Å². The molecule has 6 aliphatic rings. The van der Waals surface area contributed by atoms with Gasteiger partial charge in [-0.25, -0.2) is 27.6 Å². The number of piperidine rings is 3. The first-order valence-corrected chi connectivity index (χ1v) is 29.5. The quantitative estimate of drug-likeness (QED) is 0.0983. The molecule has 12 nitrogen and oxygen atoms in total. The number of anilines is 3. The third-order valence-electron chi connectivity index (χ3n) is 17.6. The van der Waals surface area contributed by atoms with Crippen molar-refractivity contribution in [3.05, 3.63) is 123 Å². The van der Waals surface area contributed by atoms with Gasteiger partial charge in [0.15, 0.2) is 0 Å². The maximum atomic E-state index is 13.7. The third-order valence-corrected chi connectivity index (χ3v) is 19.8. The molecule has 0 radical (unpaired) electrons. The molecule has 6 saturated heterocycles. The minimum Gasteiger partial charge on any atom is -1.00 e. The van der Waals surface area contributed by atoms with E-state index >= 15 is 0 Å². The molecule has 9 heterocycles. The normalized spacial score (nSPS) is 25.6. The number of benzene rings is 3. The first kappa shape index (κ1) is 60.3. The highest BCUT2D eigenvalue weighted by molar-refractivity contribution is 7.13. The maximum Gasteiger partial charge on any atom is 0.411 e. The average Bonchev–Trinajstić information content (AvgIpc) is 4.38. The molecule has 12 rings (SSSR count). The van der Waals surface area contributed by atoms with Gasteiger partial charge < -0.3 is 62.0 Å². The molecule has 3 amide bonds. The van der Waals surface area contributed by atoms with Crippen molar-refractivity contribution in [2.24, 2.45) is 0 Å². The van der Waals surface area contributed by atoms with Crippen molar-refractivity contribution in [3.63, 3.8) is 0 Å². The van der Waals surface area contributed by atoms with Crippen molar-refractivity contribution < 1.29 is 84.7 Å². The number of nitrogens with one attached hydrogen (secondary N) is 3. The molecule has 424 valence electrons. The average molecular weight is 1270 g/mol. The van der Waals surface area contributed by atoms with Crippen LogP contribution in [0, 0.1) is 17.5 Å². The lowest BCUT2D eigenvalue weighted by molar-refractivity contribution is -0.931. The minimum absolute atomic E-state index is 0. The Bertz CT molecular complexity index is 2840. The highest BCUT2D eigenvalue weighted by atomic mass is 79.9. The molecule has 3 unspecified atom stereocenters. The molecule has 0 saturated carbocycles. The molecule has 6 aliphatic heterocycles. The van der Waals surface area contributed by atoms with E-state index in [1.54, 1.807) is 18.2 Å². The fourth-order valence-electron chi connectivity index (χ4n) is 13.0. The summed E-state index contributed by atoms with van der Waals surface area (Å²) in [6.45, 7) is 0. The number of thiophene rings is 3. The number of hydrogen-bond donors (Lipinski definition) is 3. The monoisotopic (exact) mass is 1270 g/mol. The van der Waals surface area contributed by atoms with E-state index in [1.807, 2.05) is 51.2 Å². The molecule has 6 fully saturated rings. The summed E-state index contributed by atoms with van der Waals surface area (Å²) in [6, 6.07) is 24.1. The van der Waals surface area contributed by atoms with Gasteiger partial charge in [-0.3, -0.25) is 16.0 Å². The van der Waals surface area contributed by atoms with Gasteiger partial charge in [0.2, 0.25) is 0 Å². The highest BCUT2D eigenvalue weighted by Gasteiger charge is 2.51. The number of halogens is 5. The number of nitrogens with zero attached hydrogens (tertiary/aromatic N) is 3. The molecule has 6 bridgehead atoms. The van der Waals surface area contributed by atoms with Gasteiger partial charge in [-0.15, -0.1) is 11.3 Å². The van der Waals surface area contributed by atoms with Gasteiger partial charge in [0, 0.05) is 97.9 Å². The van der Waals surface area contributed by atoms with E-state index in [2.05, 4.69) is 56.1 Å². The van der Waals surface area contributed by atoms with Crippen LogP contribution in [0.4, 0.5) is 44.6 Å². The molecule has 0 spiro atoms. The fraction of sp³-hybridized carbons (Fsp3) is 0.441. The summed E-state index contributed by atoms with van der Waals surface area (Å²) in [6.07, 6.45) is 11.2. The molecule has 3 N–H and O–H groups in total. The van der Waals surface area contributed by atoms with Gasteiger partial charge in [0.25, 0.3) is 0 Å². The van der Waals surface area contributed by atoms with Crippen molar-refractivity contribution in [2.75, 3.05) is 51.2 Å². The minimum atomic E-state index is -0.461. The van der Waals surface area contributed by atoms with Gasteiger partial charge in [-0.05, 0) is 131 Å². The van der Waals surface area contributed by atoms with Crippen LogP contribution in [0.5, 0.6) is 0 Å². The van der Waals surface area contributed by atoms with Gasteiger partial charge in [-0.2, -0.15) is 22.7 Å². The van der Waals surface area contributed by atoms with Crippen LogP contribution in [-0.4, -0.2) is 122 Å². The molecular weight excluding hydrogens is 1200 g/mol. The van der Waals surface area contributed by atoms with E-state index in [9.17, 15) is 27.6 Å². The Hall–Kier alpha value is -4.80. The van der Waals surface area contributed by atoms with E-state index in [1.165, 1.54) is 109 Å². The summed E-state index contributed by atoms with van der Waals surface area (Å²) in [5.41, 5.74) is 5.51. The molecule has 3 aromatic heterocycles. The van der Waals surface area contributed by atoms with Crippen LogP contribution in [0.25, 0.3) is 32.7 Å². The van der Waals surface area contributed by atoms with E-state index in [4.69, 9.17) is 14.2 Å². The molecule has 79 heavy (non-hydrogen) atoms. The third kappa shape index (κ3) is 14.1. The first-order valence-electron chi connectivity index (χ1n) is 26.8. The van der Waals surface area contributed by atoms with E-state index in [0.29, 0.717) is 70.0 Å². The Morgan fingerprint density at radius 1 is 0.506 bits per heavy atom. The Morgan fingerprint density at radius 2 is 0.873 bits per heavy atom. The summed E-state index contributed by atoms with van der Waals surface area (Å²) in [4.78, 5) is 40.6. The van der Waals surface area contributed by atoms with Crippen molar-refractivity contribution in [3.8, 4) is 32.7 Å². The Kier molecular flexibility index (Phi) is 19.8. The molecule has 9 atom stereocenters. The molecule has 0 aliphatic carbocycles. The maximum absolute atomic E-state index is 13.7.